The van der Waals surface area contributed by atoms with Gasteiger partial charge in [-0.1, -0.05) is 36.4 Å². The molecule has 1 saturated heterocycles. The van der Waals surface area contributed by atoms with Crippen molar-refractivity contribution < 1.29 is 14.2 Å². The van der Waals surface area contributed by atoms with Crippen LogP contribution < -0.4 is 19.1 Å². The Balaban J connectivity index is 1.24. The van der Waals surface area contributed by atoms with Gasteiger partial charge >= 0.3 is 0 Å². The van der Waals surface area contributed by atoms with Crippen molar-refractivity contribution in [3.63, 3.8) is 0 Å². The van der Waals surface area contributed by atoms with Crippen molar-refractivity contribution in [2.24, 2.45) is 0 Å². The monoisotopic (exact) mass is 484 g/mol. The van der Waals surface area contributed by atoms with Gasteiger partial charge in [0.2, 0.25) is 6.79 Å². The van der Waals surface area contributed by atoms with Gasteiger partial charge in [-0.15, -0.1) is 5.10 Å². The molecule has 1 aromatic heterocycles. The van der Waals surface area contributed by atoms with E-state index in [2.05, 4.69) is 61.7 Å². The average molecular weight is 485 g/mol. The Morgan fingerprint density at radius 2 is 1.67 bits per heavy atom. The van der Waals surface area contributed by atoms with Crippen LogP contribution in [0.5, 0.6) is 17.2 Å². The predicted octanol–water partition coefficient (Wildman–Crippen LogP) is 3.37. The van der Waals surface area contributed by atoms with Crippen LogP contribution in [0.2, 0.25) is 0 Å². The molecular formula is C27H28N6O3. The van der Waals surface area contributed by atoms with Gasteiger partial charge in [-0.05, 0) is 58.0 Å². The Hall–Kier alpha value is -4.11. The van der Waals surface area contributed by atoms with Gasteiger partial charge in [-0.25, -0.2) is 4.68 Å². The van der Waals surface area contributed by atoms with Gasteiger partial charge < -0.3 is 19.1 Å². The number of benzene rings is 3. The first kappa shape index (κ1) is 22.4. The first-order valence-corrected chi connectivity index (χ1v) is 12.1. The summed E-state index contributed by atoms with van der Waals surface area (Å²) in [6.45, 7) is 4.42. The Morgan fingerprint density at radius 3 is 2.44 bits per heavy atom. The number of fused-ring (bicyclic) bond motifs is 1. The van der Waals surface area contributed by atoms with Crippen molar-refractivity contribution in [1.29, 1.82) is 0 Å². The molecule has 6 rings (SSSR count). The van der Waals surface area contributed by atoms with Crippen molar-refractivity contribution in [2.75, 3.05) is 45.0 Å². The molecule has 2 aliphatic heterocycles. The summed E-state index contributed by atoms with van der Waals surface area (Å²) in [6.07, 6.45) is 0. The van der Waals surface area contributed by atoms with Gasteiger partial charge in [0, 0.05) is 31.9 Å². The molecule has 2 aliphatic rings. The summed E-state index contributed by atoms with van der Waals surface area (Å²) in [5.41, 5.74) is 3.44. The quantitative estimate of drug-likeness (QED) is 0.395. The highest BCUT2D eigenvalue weighted by atomic mass is 16.7. The predicted molar refractivity (Wildman–Crippen MR) is 135 cm³/mol. The normalized spacial score (nSPS) is 16.2. The fraction of sp³-hybridized carbons (Fsp3) is 0.296. The van der Waals surface area contributed by atoms with E-state index in [9.17, 15) is 0 Å². The summed E-state index contributed by atoms with van der Waals surface area (Å²) >= 11 is 0. The van der Waals surface area contributed by atoms with Crippen LogP contribution >= 0.6 is 0 Å². The van der Waals surface area contributed by atoms with Crippen molar-refractivity contribution in [2.45, 2.75) is 12.6 Å². The molecule has 0 saturated carbocycles. The smallest absolute Gasteiger partial charge is 0.231 e. The number of tetrazole rings is 1. The molecule has 9 nitrogen and oxygen atoms in total. The molecule has 0 spiro atoms. The van der Waals surface area contributed by atoms with E-state index < -0.39 is 0 Å². The lowest BCUT2D eigenvalue weighted by atomic mass is 10.0. The molecule has 0 amide bonds. The molecule has 1 fully saturated rings. The lowest BCUT2D eigenvalue weighted by Crippen LogP contribution is -2.48. The van der Waals surface area contributed by atoms with Gasteiger partial charge in [-0.3, -0.25) is 4.90 Å². The second kappa shape index (κ2) is 9.87. The molecule has 184 valence electrons. The average Bonchev–Trinajstić information content (AvgIpc) is 3.59. The third kappa shape index (κ3) is 4.45. The number of ether oxygens (including phenoxy) is 3. The highest BCUT2D eigenvalue weighted by molar-refractivity contribution is 5.49. The molecule has 3 heterocycles. The maximum Gasteiger partial charge on any atom is 0.231 e. The maximum absolute atomic E-state index is 5.56. The third-order valence-electron chi connectivity index (χ3n) is 6.81. The fourth-order valence-corrected chi connectivity index (χ4v) is 4.92. The summed E-state index contributed by atoms with van der Waals surface area (Å²) in [7, 11) is 1.69. The first-order chi connectivity index (χ1) is 17.8. The van der Waals surface area contributed by atoms with Gasteiger partial charge in [0.1, 0.15) is 5.75 Å². The van der Waals surface area contributed by atoms with Crippen LogP contribution in [0.3, 0.4) is 0 Å². The lowest BCUT2D eigenvalue weighted by molar-refractivity contribution is 0.174. The fourth-order valence-electron chi connectivity index (χ4n) is 4.92. The molecule has 36 heavy (non-hydrogen) atoms. The minimum absolute atomic E-state index is 0.0479. The number of aromatic nitrogens is 4. The summed E-state index contributed by atoms with van der Waals surface area (Å²) < 4.78 is 18.2. The second-order valence-electron chi connectivity index (χ2n) is 8.92. The molecule has 1 atom stereocenters. The summed E-state index contributed by atoms with van der Waals surface area (Å²) in [6, 6.07) is 24.7. The van der Waals surface area contributed by atoms with Crippen LogP contribution in [-0.2, 0) is 6.54 Å². The number of hydrogen-bond acceptors (Lipinski definition) is 8. The van der Waals surface area contributed by atoms with Crippen LogP contribution in [0.25, 0.3) is 0 Å². The van der Waals surface area contributed by atoms with Crippen molar-refractivity contribution in [3.05, 3.63) is 89.7 Å². The van der Waals surface area contributed by atoms with Gasteiger partial charge in [-0.2, -0.15) is 0 Å². The zero-order valence-corrected chi connectivity index (χ0v) is 20.2. The Morgan fingerprint density at radius 1 is 0.889 bits per heavy atom. The second-order valence-corrected chi connectivity index (χ2v) is 8.92. The van der Waals surface area contributed by atoms with Gasteiger partial charge in [0.05, 0.1) is 19.7 Å². The molecule has 0 radical (unpaired) electrons. The Labute approximate surface area is 209 Å². The summed E-state index contributed by atoms with van der Waals surface area (Å²) in [5, 5.41) is 12.9. The third-order valence-corrected chi connectivity index (χ3v) is 6.81. The van der Waals surface area contributed by atoms with Crippen molar-refractivity contribution >= 4 is 5.69 Å². The highest BCUT2D eigenvalue weighted by Gasteiger charge is 2.31. The zero-order valence-electron chi connectivity index (χ0n) is 20.2. The van der Waals surface area contributed by atoms with E-state index in [0.29, 0.717) is 6.54 Å². The topological polar surface area (TPSA) is 77.8 Å². The summed E-state index contributed by atoms with van der Waals surface area (Å²) in [4.78, 5) is 4.88. The van der Waals surface area contributed by atoms with Crippen molar-refractivity contribution in [3.8, 4) is 17.2 Å². The van der Waals surface area contributed by atoms with E-state index in [-0.39, 0.29) is 12.8 Å². The van der Waals surface area contributed by atoms with Gasteiger partial charge in [0.15, 0.2) is 17.3 Å². The minimum atomic E-state index is -0.0479. The van der Waals surface area contributed by atoms with E-state index in [1.54, 1.807) is 7.11 Å². The molecular weight excluding hydrogens is 456 g/mol. The van der Waals surface area contributed by atoms with E-state index in [0.717, 1.165) is 54.8 Å². The van der Waals surface area contributed by atoms with E-state index >= 15 is 0 Å². The van der Waals surface area contributed by atoms with E-state index in [1.165, 1.54) is 11.3 Å². The largest absolute Gasteiger partial charge is 0.497 e. The number of anilines is 1. The number of piperazine rings is 1. The van der Waals surface area contributed by atoms with Gasteiger partial charge in [0.25, 0.3) is 0 Å². The molecule has 3 aromatic carbocycles. The van der Waals surface area contributed by atoms with Crippen LogP contribution in [-0.4, -0.2) is 65.2 Å². The molecule has 0 unspecified atom stereocenters. The number of hydrogen-bond donors (Lipinski definition) is 0. The van der Waals surface area contributed by atoms with Crippen LogP contribution in [0.15, 0.2) is 72.8 Å². The standard InChI is InChI=1S/C27H28N6O3/c1-34-23-10-8-22(9-11-23)31-13-15-32(16-14-31)26(21-5-3-2-4-6-21)27-28-29-30-33(27)18-20-7-12-24-25(17-20)36-19-35-24/h2-12,17,26H,13-16,18-19H2,1H3/t26-/m1/s1. The number of methoxy groups -OCH3 is 1. The summed E-state index contributed by atoms with van der Waals surface area (Å²) in [5.74, 6) is 3.23. The molecule has 9 heteroatoms. The first-order valence-electron chi connectivity index (χ1n) is 12.1. The van der Waals surface area contributed by atoms with Crippen LogP contribution in [0.1, 0.15) is 23.0 Å². The SMILES string of the molecule is COc1ccc(N2CCN([C@H](c3ccccc3)c3nnnn3Cc3ccc4c(c3)OCO4)CC2)cc1. The van der Waals surface area contributed by atoms with Crippen molar-refractivity contribution in [1.82, 2.24) is 25.1 Å². The molecule has 4 aromatic rings. The number of rotatable bonds is 7. The molecule has 0 N–H and O–H groups in total. The van der Waals surface area contributed by atoms with E-state index in [1.807, 2.05) is 41.1 Å². The number of nitrogens with zero attached hydrogens (tertiary/aromatic N) is 6. The zero-order chi connectivity index (χ0) is 24.3. The lowest BCUT2D eigenvalue weighted by Gasteiger charge is -2.40. The Bertz CT molecular complexity index is 1300. The Kier molecular flexibility index (Phi) is 6.13. The maximum atomic E-state index is 5.56. The minimum Gasteiger partial charge on any atom is -0.497 e. The van der Waals surface area contributed by atoms with Crippen LogP contribution in [0, 0.1) is 0 Å². The van der Waals surface area contributed by atoms with Crippen LogP contribution in [0.4, 0.5) is 5.69 Å². The van der Waals surface area contributed by atoms with E-state index in [4.69, 9.17) is 14.2 Å². The molecule has 0 aliphatic carbocycles. The molecule has 0 bridgehead atoms. The highest BCUT2D eigenvalue weighted by Crippen LogP contribution is 2.34.